The van der Waals surface area contributed by atoms with Crippen molar-refractivity contribution in [2.75, 3.05) is 0 Å². The predicted molar refractivity (Wildman–Crippen MR) is 228 cm³/mol. The fourth-order valence-electron chi connectivity index (χ4n) is 8.80. The third kappa shape index (κ3) is 4.56. The van der Waals surface area contributed by atoms with Crippen LogP contribution in [0.4, 0.5) is 0 Å². The summed E-state index contributed by atoms with van der Waals surface area (Å²) in [6.07, 6.45) is 0. The van der Waals surface area contributed by atoms with Gasteiger partial charge in [-0.15, -0.1) is 11.3 Å². The zero-order valence-corrected chi connectivity index (χ0v) is 29.9. The topological polar surface area (TPSA) is 13.1 Å². The molecule has 53 heavy (non-hydrogen) atoms. The maximum Gasteiger partial charge on any atom is 0.135 e. The van der Waals surface area contributed by atoms with E-state index in [1.54, 1.807) is 0 Å². The van der Waals surface area contributed by atoms with Crippen LogP contribution in [0.2, 0.25) is 0 Å². The number of fused-ring (bicyclic) bond motifs is 7. The lowest BCUT2D eigenvalue weighted by Gasteiger charge is -2.18. The number of thiophene rings is 1. The second kappa shape index (κ2) is 11.8. The van der Waals surface area contributed by atoms with Gasteiger partial charge in [0.1, 0.15) is 11.5 Å². The first-order chi connectivity index (χ1) is 26.2. The van der Waals surface area contributed by atoms with E-state index in [0.717, 1.165) is 17.1 Å². The lowest BCUT2D eigenvalue weighted by Crippen LogP contribution is -1.91. The highest BCUT2D eigenvalue weighted by Crippen LogP contribution is 2.49. The van der Waals surface area contributed by atoms with E-state index in [-0.39, 0.29) is 0 Å². The predicted octanol–water partition coefficient (Wildman–Crippen LogP) is 15.2. The largest absolute Gasteiger partial charge is 0.461 e. The van der Waals surface area contributed by atoms with Gasteiger partial charge < -0.3 is 4.42 Å². The molecule has 2 heterocycles. The van der Waals surface area contributed by atoms with Gasteiger partial charge in [0.15, 0.2) is 0 Å². The number of hydrogen-bond acceptors (Lipinski definition) is 2. The number of rotatable bonds is 4. The minimum Gasteiger partial charge on any atom is -0.461 e. The summed E-state index contributed by atoms with van der Waals surface area (Å²) in [6, 6.07) is 64.4. The molecule has 0 fully saturated rings. The van der Waals surface area contributed by atoms with E-state index in [4.69, 9.17) is 4.42 Å². The molecule has 0 unspecified atom stereocenters. The Balaban J connectivity index is 1.18. The van der Waals surface area contributed by atoms with E-state index in [2.05, 4.69) is 176 Å². The van der Waals surface area contributed by atoms with Crippen molar-refractivity contribution in [1.29, 1.82) is 0 Å². The smallest absolute Gasteiger partial charge is 0.135 e. The zero-order valence-electron chi connectivity index (χ0n) is 29.1. The molecular weight excluding hydrogens is 661 g/mol. The molecule has 0 saturated carbocycles. The summed E-state index contributed by atoms with van der Waals surface area (Å²) < 4.78 is 8.84. The van der Waals surface area contributed by atoms with Gasteiger partial charge in [0, 0.05) is 25.7 Å². The summed E-state index contributed by atoms with van der Waals surface area (Å²) in [6.45, 7) is 2.01. The average Bonchev–Trinajstić information content (AvgIpc) is 3.82. The normalized spacial score (nSPS) is 11.9. The fourth-order valence-corrected chi connectivity index (χ4v) is 9.97. The first-order valence-corrected chi connectivity index (χ1v) is 19.0. The molecule has 11 aromatic rings. The van der Waals surface area contributed by atoms with E-state index in [9.17, 15) is 0 Å². The highest BCUT2D eigenvalue weighted by molar-refractivity contribution is 7.26. The van der Waals surface area contributed by atoms with Crippen molar-refractivity contribution in [1.82, 2.24) is 0 Å². The molecular formula is C51H32OS. The van der Waals surface area contributed by atoms with E-state index in [1.807, 2.05) is 18.3 Å². The van der Waals surface area contributed by atoms with Crippen LogP contribution in [0.5, 0.6) is 0 Å². The SMILES string of the molecule is Cc1ccc(-c2c3ccccc3c(-c3ccc4c(c3)sc3cccc(-c5c6ccccc6c(-c6ccccc6)c6ccccc56)c34)c3ccccc23)o1. The standard InChI is InChI=1S/C51H32OS/c1-31-26-29-44(52-31)50-40-22-11-7-18-36(40)48(37-19-8-12-23-41(37)50)33-27-28-42-46(30-33)53-45-25-13-24-43(51(42)45)49-38-20-9-5-16-34(38)47(32-14-3-2-4-15-32)35-17-6-10-21-39(35)49/h2-30H,1H3. The minimum absolute atomic E-state index is 0.908. The maximum absolute atomic E-state index is 6.25. The highest BCUT2D eigenvalue weighted by Gasteiger charge is 2.22. The van der Waals surface area contributed by atoms with Crippen molar-refractivity contribution in [2.24, 2.45) is 0 Å². The summed E-state index contributed by atoms with van der Waals surface area (Å²) in [4.78, 5) is 0. The van der Waals surface area contributed by atoms with Crippen LogP contribution in [-0.4, -0.2) is 0 Å². The third-order valence-electron chi connectivity index (χ3n) is 11.0. The summed E-state index contributed by atoms with van der Waals surface area (Å²) in [5.74, 6) is 1.82. The van der Waals surface area contributed by atoms with Crippen molar-refractivity contribution in [3.63, 3.8) is 0 Å². The number of aryl methyl sites for hydroxylation is 1. The summed E-state index contributed by atoms with van der Waals surface area (Å²) in [7, 11) is 0. The van der Waals surface area contributed by atoms with Crippen LogP contribution < -0.4 is 0 Å². The highest BCUT2D eigenvalue weighted by atomic mass is 32.1. The Labute approximate surface area is 311 Å². The Morgan fingerprint density at radius 1 is 0.358 bits per heavy atom. The monoisotopic (exact) mass is 692 g/mol. The average molecular weight is 693 g/mol. The van der Waals surface area contributed by atoms with Gasteiger partial charge in [0.2, 0.25) is 0 Å². The fraction of sp³-hybridized carbons (Fsp3) is 0.0196. The first-order valence-electron chi connectivity index (χ1n) is 18.2. The molecule has 11 rings (SSSR count). The molecule has 0 radical (unpaired) electrons. The van der Waals surface area contributed by atoms with Crippen molar-refractivity contribution in [2.45, 2.75) is 6.92 Å². The molecule has 0 aliphatic carbocycles. The molecule has 0 aliphatic rings. The van der Waals surface area contributed by atoms with Crippen LogP contribution in [0.1, 0.15) is 5.76 Å². The molecule has 0 spiro atoms. The Hall–Kier alpha value is -6.48. The van der Waals surface area contributed by atoms with Crippen molar-refractivity contribution < 1.29 is 4.42 Å². The van der Waals surface area contributed by atoms with Crippen molar-refractivity contribution in [3.05, 3.63) is 182 Å². The second-order valence-electron chi connectivity index (χ2n) is 14.0. The van der Waals surface area contributed by atoms with Crippen LogP contribution in [0.15, 0.2) is 180 Å². The van der Waals surface area contributed by atoms with Crippen LogP contribution in [0, 0.1) is 6.92 Å². The molecule has 0 amide bonds. The minimum atomic E-state index is 0.908. The summed E-state index contributed by atoms with van der Waals surface area (Å²) >= 11 is 1.89. The Kier molecular flexibility index (Phi) is 6.71. The van der Waals surface area contributed by atoms with Gasteiger partial charge in [-0.3, -0.25) is 0 Å². The Bertz CT molecular complexity index is 3120. The van der Waals surface area contributed by atoms with Gasteiger partial charge >= 0.3 is 0 Å². The van der Waals surface area contributed by atoms with Crippen LogP contribution in [0.3, 0.4) is 0 Å². The number of furan rings is 1. The molecule has 0 saturated heterocycles. The summed E-state index contributed by atoms with van der Waals surface area (Å²) in [5.41, 5.74) is 8.75. The second-order valence-corrected chi connectivity index (χ2v) is 15.0. The van der Waals surface area contributed by atoms with E-state index in [0.29, 0.717) is 0 Å². The number of hydrogen-bond donors (Lipinski definition) is 0. The van der Waals surface area contributed by atoms with Gasteiger partial charge in [-0.05, 0) is 108 Å². The van der Waals surface area contributed by atoms with Crippen molar-refractivity contribution >= 4 is 74.6 Å². The van der Waals surface area contributed by atoms with Gasteiger partial charge in [0.05, 0.1) is 0 Å². The molecule has 0 bridgehead atoms. The van der Waals surface area contributed by atoms with E-state index >= 15 is 0 Å². The molecule has 248 valence electrons. The molecule has 0 aliphatic heterocycles. The van der Waals surface area contributed by atoms with E-state index in [1.165, 1.54) is 96.6 Å². The summed E-state index contributed by atoms with van der Waals surface area (Å²) in [5, 5.41) is 12.6. The maximum atomic E-state index is 6.25. The number of benzene rings is 9. The lowest BCUT2D eigenvalue weighted by atomic mass is 9.85. The quantitative estimate of drug-likeness (QED) is 0.167. The zero-order chi connectivity index (χ0) is 35.0. The van der Waals surface area contributed by atoms with Crippen LogP contribution in [0.25, 0.3) is 108 Å². The molecule has 0 N–H and O–H groups in total. The van der Waals surface area contributed by atoms with Gasteiger partial charge in [-0.25, -0.2) is 0 Å². The first kappa shape index (κ1) is 30.2. The van der Waals surface area contributed by atoms with Gasteiger partial charge in [-0.2, -0.15) is 0 Å². The Morgan fingerprint density at radius 2 is 0.868 bits per heavy atom. The van der Waals surface area contributed by atoms with Crippen LogP contribution in [-0.2, 0) is 0 Å². The van der Waals surface area contributed by atoms with Gasteiger partial charge in [0.25, 0.3) is 0 Å². The van der Waals surface area contributed by atoms with E-state index < -0.39 is 0 Å². The van der Waals surface area contributed by atoms with Gasteiger partial charge in [-0.1, -0.05) is 152 Å². The molecule has 0 atom stereocenters. The molecule has 1 nitrogen and oxygen atoms in total. The van der Waals surface area contributed by atoms with Crippen molar-refractivity contribution in [3.8, 4) is 44.7 Å². The molecule has 9 aromatic carbocycles. The lowest BCUT2D eigenvalue weighted by molar-refractivity contribution is 0.549. The Morgan fingerprint density at radius 3 is 1.42 bits per heavy atom. The third-order valence-corrected chi connectivity index (χ3v) is 12.1. The van der Waals surface area contributed by atoms with Crippen LogP contribution >= 0.6 is 11.3 Å². The molecule has 2 heteroatoms. The molecule has 2 aromatic heterocycles.